The highest BCUT2D eigenvalue weighted by molar-refractivity contribution is 7.09. The maximum Gasteiger partial charge on any atom is 0.407 e. The van der Waals surface area contributed by atoms with Gasteiger partial charge in [0.25, 0.3) is 5.91 Å². The van der Waals surface area contributed by atoms with Crippen LogP contribution in [0.3, 0.4) is 0 Å². The van der Waals surface area contributed by atoms with E-state index in [1.165, 1.54) is 17.9 Å². The van der Waals surface area contributed by atoms with Gasteiger partial charge >= 0.3 is 6.09 Å². The van der Waals surface area contributed by atoms with Crippen molar-refractivity contribution >= 4 is 40.4 Å². The number of pyridine rings is 1. The topological polar surface area (TPSA) is 147 Å². The lowest BCUT2D eigenvalue weighted by Gasteiger charge is -2.33. The molecule has 1 aliphatic rings. The molecule has 3 aromatic heterocycles. The molecule has 2 atom stereocenters. The largest absolute Gasteiger partial charge is 0.465 e. The number of carboxylic acid groups (broad SMARTS) is 1. The lowest BCUT2D eigenvalue weighted by molar-refractivity contribution is 0.1000. The smallest absolute Gasteiger partial charge is 0.407 e. The summed E-state index contributed by atoms with van der Waals surface area (Å²) in [5, 5.41) is 12.3. The second-order valence-electron chi connectivity index (χ2n) is 7.03. The number of anilines is 1. The van der Waals surface area contributed by atoms with Crippen molar-refractivity contribution in [1.82, 2.24) is 24.2 Å². The van der Waals surface area contributed by atoms with Crippen LogP contribution in [0, 0.1) is 6.92 Å². The molecule has 0 bridgehead atoms. The van der Waals surface area contributed by atoms with Crippen LogP contribution in [0.15, 0.2) is 18.5 Å². The van der Waals surface area contributed by atoms with E-state index in [9.17, 15) is 19.1 Å². The quantitative estimate of drug-likeness (QED) is 0.569. The second-order valence-corrected chi connectivity index (χ2v) is 7.84. The molecule has 4 rings (SSSR count). The lowest BCUT2D eigenvalue weighted by atomic mass is 10.0. The monoisotopic (exact) mass is 431 g/mol. The van der Waals surface area contributed by atoms with Crippen LogP contribution in [0.2, 0.25) is 0 Å². The Labute approximate surface area is 174 Å². The molecular weight excluding hydrogens is 413 g/mol. The summed E-state index contributed by atoms with van der Waals surface area (Å²) in [7, 11) is 0. The fraction of sp³-hybridized carbons (Fsp3) is 0.333. The molecule has 0 spiro atoms. The number of nitrogens with two attached hydrogens (primary N) is 1. The highest BCUT2D eigenvalue weighted by atomic mass is 32.1. The third kappa shape index (κ3) is 3.85. The number of fused-ring (bicyclic) bond motifs is 1. The van der Waals surface area contributed by atoms with E-state index in [1.54, 1.807) is 6.07 Å². The maximum absolute atomic E-state index is 14.1. The van der Waals surface area contributed by atoms with Gasteiger partial charge in [-0.3, -0.25) is 4.79 Å². The number of nitrogens with one attached hydrogen (secondary N) is 1. The molecule has 12 heteroatoms. The predicted molar refractivity (Wildman–Crippen MR) is 108 cm³/mol. The van der Waals surface area contributed by atoms with Crippen LogP contribution in [0.1, 0.15) is 22.5 Å². The summed E-state index contributed by atoms with van der Waals surface area (Å²) in [5.41, 5.74) is 7.57. The van der Waals surface area contributed by atoms with Crippen molar-refractivity contribution in [2.24, 2.45) is 5.73 Å². The van der Waals surface area contributed by atoms with Crippen molar-refractivity contribution < 1.29 is 19.1 Å². The van der Waals surface area contributed by atoms with Crippen LogP contribution in [-0.4, -0.2) is 66.6 Å². The van der Waals surface area contributed by atoms with Gasteiger partial charge in [0, 0.05) is 19.0 Å². The average Bonchev–Trinajstić information content (AvgIpc) is 3.13. The number of nitrogens with zero attached hydrogens (tertiary/aromatic N) is 5. The number of likely N-dealkylation sites (tertiary alicyclic amines) is 1. The SMILES string of the molecule is Cc1cc(-c2cc(C(N)=O)c3ncnc(N[C@H]4C[C@H](F)CN(C(=O)O)C4)c3n2)sn1. The summed E-state index contributed by atoms with van der Waals surface area (Å²) in [6.07, 6.45) is -1.12. The number of carbonyl (C=O) groups excluding carboxylic acids is 1. The maximum atomic E-state index is 14.1. The van der Waals surface area contributed by atoms with Crippen molar-refractivity contribution in [3.8, 4) is 10.6 Å². The summed E-state index contributed by atoms with van der Waals surface area (Å²) >= 11 is 1.23. The number of halogens is 1. The van der Waals surface area contributed by atoms with Crippen LogP contribution in [-0.2, 0) is 0 Å². The zero-order valence-electron chi connectivity index (χ0n) is 15.9. The molecule has 3 aromatic rings. The van der Waals surface area contributed by atoms with E-state index >= 15 is 0 Å². The van der Waals surface area contributed by atoms with Crippen LogP contribution in [0.5, 0.6) is 0 Å². The summed E-state index contributed by atoms with van der Waals surface area (Å²) in [6, 6.07) is 2.87. The molecule has 0 aliphatic carbocycles. The molecule has 0 saturated carbocycles. The van der Waals surface area contributed by atoms with Gasteiger partial charge in [-0.1, -0.05) is 0 Å². The molecule has 1 fully saturated rings. The predicted octanol–water partition coefficient (Wildman–Crippen LogP) is 2.06. The van der Waals surface area contributed by atoms with E-state index in [0.717, 1.165) is 15.5 Å². The number of aromatic nitrogens is 4. The minimum atomic E-state index is -1.30. The van der Waals surface area contributed by atoms with Gasteiger partial charge in [-0.05, 0) is 30.6 Å². The standard InChI is InChI=1S/C18H18FN7O3S/c1-8-2-13(30-25-8)12-4-11(16(20)27)14-15(24-12)17(22-7-21-14)23-10-3-9(19)5-26(6-10)18(28)29/h2,4,7,9-10H,3,5-6H2,1H3,(H2,20,27)(H,28,29)(H,21,22,23)/t9-,10-/m0/s1. The molecule has 30 heavy (non-hydrogen) atoms. The molecule has 0 unspecified atom stereocenters. The van der Waals surface area contributed by atoms with E-state index in [4.69, 9.17) is 5.73 Å². The molecule has 0 aromatic carbocycles. The Bertz CT molecular complexity index is 1140. The van der Waals surface area contributed by atoms with E-state index in [-0.39, 0.29) is 41.9 Å². The summed E-state index contributed by atoms with van der Waals surface area (Å²) in [4.78, 5) is 38.0. The van der Waals surface area contributed by atoms with E-state index in [1.807, 2.05) is 13.0 Å². The van der Waals surface area contributed by atoms with Crippen molar-refractivity contribution in [1.29, 1.82) is 0 Å². The van der Waals surface area contributed by atoms with E-state index in [0.29, 0.717) is 5.69 Å². The first-order chi connectivity index (χ1) is 14.3. The number of rotatable bonds is 4. The number of hydrogen-bond donors (Lipinski definition) is 3. The zero-order chi connectivity index (χ0) is 21.4. The van der Waals surface area contributed by atoms with Crippen LogP contribution < -0.4 is 11.1 Å². The Morgan fingerprint density at radius 3 is 2.77 bits per heavy atom. The number of piperidine rings is 1. The summed E-state index contributed by atoms with van der Waals surface area (Å²) in [5.74, 6) is -0.400. The highest BCUT2D eigenvalue weighted by Gasteiger charge is 2.30. The molecule has 10 nitrogen and oxygen atoms in total. The van der Waals surface area contributed by atoms with Crippen molar-refractivity contribution in [2.75, 3.05) is 18.4 Å². The third-order valence-electron chi connectivity index (χ3n) is 4.75. The Hall–Kier alpha value is -3.41. The first-order valence-electron chi connectivity index (χ1n) is 9.09. The molecule has 156 valence electrons. The van der Waals surface area contributed by atoms with Gasteiger partial charge in [0.2, 0.25) is 0 Å². The molecule has 2 amide bonds. The van der Waals surface area contributed by atoms with Crippen LogP contribution in [0.25, 0.3) is 21.6 Å². The zero-order valence-corrected chi connectivity index (χ0v) is 16.7. The first-order valence-corrected chi connectivity index (χ1v) is 9.87. The molecular formula is C18H18FN7O3S. The first kappa shape index (κ1) is 19.9. The molecule has 1 saturated heterocycles. The van der Waals surface area contributed by atoms with E-state index in [2.05, 4.69) is 24.6 Å². The number of aryl methyl sites for hydroxylation is 1. The van der Waals surface area contributed by atoms with Crippen molar-refractivity contribution in [2.45, 2.75) is 25.6 Å². The van der Waals surface area contributed by atoms with Gasteiger partial charge < -0.3 is 21.1 Å². The van der Waals surface area contributed by atoms with Gasteiger partial charge in [-0.25, -0.2) is 24.1 Å². The molecule has 0 radical (unpaired) electrons. The van der Waals surface area contributed by atoms with Gasteiger partial charge in [-0.15, -0.1) is 0 Å². The fourth-order valence-corrected chi connectivity index (χ4v) is 4.15. The summed E-state index contributed by atoms with van der Waals surface area (Å²) in [6.45, 7) is 1.77. The number of alkyl halides is 1. The Morgan fingerprint density at radius 1 is 1.30 bits per heavy atom. The number of primary amides is 1. The minimum absolute atomic E-state index is 0.0949. The molecule has 4 heterocycles. The highest BCUT2D eigenvalue weighted by Crippen LogP contribution is 2.30. The second kappa shape index (κ2) is 7.78. The minimum Gasteiger partial charge on any atom is -0.465 e. The van der Waals surface area contributed by atoms with Gasteiger partial charge in [0.15, 0.2) is 5.82 Å². The van der Waals surface area contributed by atoms with Crippen molar-refractivity contribution in [3.05, 3.63) is 29.7 Å². The van der Waals surface area contributed by atoms with Gasteiger partial charge in [-0.2, -0.15) is 4.37 Å². The Balaban J connectivity index is 1.77. The molecule has 1 aliphatic heterocycles. The normalized spacial score (nSPS) is 19.1. The van der Waals surface area contributed by atoms with Gasteiger partial charge in [0.05, 0.1) is 28.4 Å². The average molecular weight is 431 g/mol. The van der Waals surface area contributed by atoms with E-state index < -0.39 is 24.2 Å². The Morgan fingerprint density at radius 2 is 2.10 bits per heavy atom. The number of amides is 2. The number of carbonyl (C=O) groups is 2. The van der Waals surface area contributed by atoms with Crippen LogP contribution in [0.4, 0.5) is 15.0 Å². The molecule has 4 N–H and O–H groups in total. The fourth-order valence-electron chi connectivity index (χ4n) is 3.44. The van der Waals surface area contributed by atoms with Crippen LogP contribution >= 0.6 is 11.5 Å². The number of hydrogen-bond acceptors (Lipinski definition) is 8. The summed E-state index contributed by atoms with van der Waals surface area (Å²) < 4.78 is 18.3. The third-order valence-corrected chi connectivity index (χ3v) is 5.65. The van der Waals surface area contributed by atoms with Crippen molar-refractivity contribution in [3.63, 3.8) is 0 Å². The van der Waals surface area contributed by atoms with Gasteiger partial charge in [0.1, 0.15) is 23.5 Å². The Kier molecular flexibility index (Phi) is 5.16. The lowest BCUT2D eigenvalue weighted by Crippen LogP contribution is -2.49.